The van der Waals surface area contributed by atoms with Crippen LogP contribution in [0.4, 0.5) is 0 Å². The van der Waals surface area contributed by atoms with E-state index in [4.69, 9.17) is 5.73 Å². The summed E-state index contributed by atoms with van der Waals surface area (Å²) in [5.41, 5.74) is 6.40. The Morgan fingerprint density at radius 2 is 2.16 bits per heavy atom. The fraction of sp³-hybridized carbons (Fsp3) is 0.333. The van der Waals surface area contributed by atoms with Crippen molar-refractivity contribution in [1.29, 1.82) is 0 Å². The number of primary amides is 1. The van der Waals surface area contributed by atoms with E-state index < -0.39 is 6.04 Å². The molecule has 2 aromatic rings. The molecule has 19 heavy (non-hydrogen) atoms. The number of fused-ring (bicyclic) bond motifs is 1. The molecule has 1 amide bonds. The molecule has 0 saturated heterocycles. The lowest BCUT2D eigenvalue weighted by molar-refractivity contribution is -0.120. The first kappa shape index (κ1) is 12.1. The van der Waals surface area contributed by atoms with Crippen LogP contribution in [0.2, 0.25) is 0 Å². The minimum Gasteiger partial charge on any atom is -0.368 e. The first-order valence-electron chi connectivity index (χ1n) is 6.61. The van der Waals surface area contributed by atoms with Crippen molar-refractivity contribution in [2.24, 2.45) is 11.7 Å². The summed E-state index contributed by atoms with van der Waals surface area (Å²) in [6, 6.07) is 7.46. The highest BCUT2D eigenvalue weighted by molar-refractivity contribution is 5.91. The van der Waals surface area contributed by atoms with Gasteiger partial charge in [-0.25, -0.2) is 0 Å². The Bertz CT molecular complexity index is 602. The zero-order valence-electron chi connectivity index (χ0n) is 10.7. The fourth-order valence-electron chi connectivity index (χ4n) is 2.34. The number of hydrogen-bond donors (Lipinski definition) is 2. The Kier molecular flexibility index (Phi) is 3.17. The third-order valence-corrected chi connectivity index (χ3v) is 3.60. The smallest absolute Gasteiger partial charge is 0.239 e. The minimum atomic E-state index is -0.459. The van der Waals surface area contributed by atoms with Crippen LogP contribution in [0, 0.1) is 5.92 Å². The molecule has 1 aromatic carbocycles. The summed E-state index contributed by atoms with van der Waals surface area (Å²) in [6.45, 7) is 0.844. The first-order valence-corrected chi connectivity index (χ1v) is 6.61. The maximum atomic E-state index is 11.7. The summed E-state index contributed by atoms with van der Waals surface area (Å²) in [6.07, 6.45) is 6.02. The van der Waals surface area contributed by atoms with E-state index in [1.807, 2.05) is 24.3 Å². The Labute approximate surface area is 112 Å². The number of pyridine rings is 1. The molecule has 1 heterocycles. The van der Waals surface area contributed by atoms with Gasteiger partial charge in [0.15, 0.2) is 0 Å². The number of hydrogen-bond acceptors (Lipinski definition) is 3. The molecule has 4 nitrogen and oxygen atoms in total. The minimum absolute atomic E-state index is 0.348. The SMILES string of the molecule is NC(=O)C(NCC1CC1)c1cncc2ccccc12. The van der Waals surface area contributed by atoms with Crippen LogP contribution in [-0.2, 0) is 4.79 Å². The van der Waals surface area contributed by atoms with Crippen molar-refractivity contribution in [1.82, 2.24) is 10.3 Å². The zero-order chi connectivity index (χ0) is 13.2. The Morgan fingerprint density at radius 3 is 2.89 bits per heavy atom. The highest BCUT2D eigenvalue weighted by atomic mass is 16.1. The lowest BCUT2D eigenvalue weighted by Crippen LogP contribution is -2.35. The van der Waals surface area contributed by atoms with E-state index in [0.29, 0.717) is 5.92 Å². The monoisotopic (exact) mass is 255 g/mol. The van der Waals surface area contributed by atoms with Crippen molar-refractivity contribution < 1.29 is 4.79 Å². The summed E-state index contributed by atoms with van der Waals surface area (Å²) in [5.74, 6) is 0.351. The molecule has 3 rings (SSSR count). The molecule has 1 aliphatic rings. The van der Waals surface area contributed by atoms with Gasteiger partial charge in [0.2, 0.25) is 5.91 Å². The van der Waals surface area contributed by atoms with Gasteiger partial charge in [-0.15, -0.1) is 0 Å². The maximum Gasteiger partial charge on any atom is 0.239 e. The van der Waals surface area contributed by atoms with Crippen molar-refractivity contribution in [3.63, 3.8) is 0 Å². The number of amides is 1. The number of aromatic nitrogens is 1. The third-order valence-electron chi connectivity index (χ3n) is 3.60. The highest BCUT2D eigenvalue weighted by Crippen LogP contribution is 2.29. The predicted molar refractivity (Wildman–Crippen MR) is 74.4 cm³/mol. The van der Waals surface area contributed by atoms with Crippen LogP contribution in [0.1, 0.15) is 24.4 Å². The maximum absolute atomic E-state index is 11.7. The number of rotatable bonds is 5. The third kappa shape index (κ3) is 2.58. The van der Waals surface area contributed by atoms with Gasteiger partial charge >= 0.3 is 0 Å². The van der Waals surface area contributed by atoms with Crippen LogP contribution in [0.15, 0.2) is 36.7 Å². The van der Waals surface area contributed by atoms with Crippen molar-refractivity contribution in [3.05, 3.63) is 42.2 Å². The Hall–Kier alpha value is -1.94. The molecule has 0 spiro atoms. The molecule has 1 saturated carbocycles. The van der Waals surface area contributed by atoms with Crippen LogP contribution >= 0.6 is 0 Å². The molecule has 1 fully saturated rings. The average Bonchev–Trinajstić information content (AvgIpc) is 3.23. The fourth-order valence-corrected chi connectivity index (χ4v) is 2.34. The van der Waals surface area contributed by atoms with Crippen molar-refractivity contribution in [3.8, 4) is 0 Å². The molecular weight excluding hydrogens is 238 g/mol. The zero-order valence-corrected chi connectivity index (χ0v) is 10.7. The lowest BCUT2D eigenvalue weighted by Gasteiger charge is -2.17. The average molecular weight is 255 g/mol. The van der Waals surface area contributed by atoms with Gasteiger partial charge in [-0.2, -0.15) is 0 Å². The standard InChI is InChI=1S/C15H17N3O/c16-15(19)14(18-7-10-5-6-10)13-9-17-8-11-3-1-2-4-12(11)13/h1-4,8-10,14,18H,5-7H2,(H2,16,19). The van der Waals surface area contributed by atoms with Crippen LogP contribution in [0.5, 0.6) is 0 Å². The molecule has 1 aliphatic carbocycles. The first-order chi connectivity index (χ1) is 9.25. The molecule has 1 atom stereocenters. The molecular formula is C15H17N3O. The Morgan fingerprint density at radius 1 is 1.37 bits per heavy atom. The second kappa shape index (κ2) is 4.97. The topological polar surface area (TPSA) is 68.0 Å². The van der Waals surface area contributed by atoms with Gasteiger partial charge in [0.1, 0.15) is 6.04 Å². The van der Waals surface area contributed by atoms with Gasteiger partial charge < -0.3 is 11.1 Å². The van der Waals surface area contributed by atoms with Crippen molar-refractivity contribution >= 4 is 16.7 Å². The lowest BCUT2D eigenvalue weighted by atomic mass is 10.0. The summed E-state index contributed by atoms with van der Waals surface area (Å²) >= 11 is 0. The second-order valence-corrected chi connectivity index (χ2v) is 5.14. The predicted octanol–water partition coefficient (Wildman–Crippen LogP) is 1.76. The molecule has 98 valence electrons. The summed E-state index contributed by atoms with van der Waals surface area (Å²) in [4.78, 5) is 15.9. The summed E-state index contributed by atoms with van der Waals surface area (Å²) in [5, 5.41) is 5.33. The number of nitrogens with zero attached hydrogens (tertiary/aromatic N) is 1. The van der Waals surface area contributed by atoms with Gasteiger partial charge in [0.25, 0.3) is 0 Å². The number of carbonyl (C=O) groups excluding carboxylic acids is 1. The van der Waals surface area contributed by atoms with Gasteiger partial charge in [-0.05, 0) is 30.7 Å². The van der Waals surface area contributed by atoms with Crippen LogP contribution < -0.4 is 11.1 Å². The largest absolute Gasteiger partial charge is 0.368 e. The molecule has 4 heteroatoms. The van der Waals surface area contributed by atoms with E-state index in [1.54, 1.807) is 12.4 Å². The van der Waals surface area contributed by atoms with E-state index in [2.05, 4.69) is 10.3 Å². The Balaban J connectivity index is 1.96. The number of nitrogens with two attached hydrogens (primary N) is 1. The second-order valence-electron chi connectivity index (χ2n) is 5.14. The molecule has 0 radical (unpaired) electrons. The van der Waals surface area contributed by atoms with Gasteiger partial charge in [-0.1, -0.05) is 24.3 Å². The van der Waals surface area contributed by atoms with Gasteiger partial charge in [0.05, 0.1) is 0 Å². The molecule has 0 bridgehead atoms. The highest BCUT2D eigenvalue weighted by Gasteiger charge is 2.25. The summed E-state index contributed by atoms with van der Waals surface area (Å²) < 4.78 is 0. The van der Waals surface area contributed by atoms with E-state index in [1.165, 1.54) is 12.8 Å². The van der Waals surface area contributed by atoms with Crippen LogP contribution in [0.25, 0.3) is 10.8 Å². The van der Waals surface area contributed by atoms with E-state index in [-0.39, 0.29) is 5.91 Å². The van der Waals surface area contributed by atoms with Gasteiger partial charge in [-0.3, -0.25) is 9.78 Å². The van der Waals surface area contributed by atoms with Crippen LogP contribution in [0.3, 0.4) is 0 Å². The normalized spacial score (nSPS) is 16.4. The number of nitrogens with one attached hydrogen (secondary N) is 1. The number of benzene rings is 1. The van der Waals surface area contributed by atoms with E-state index in [0.717, 1.165) is 22.9 Å². The molecule has 0 aliphatic heterocycles. The van der Waals surface area contributed by atoms with E-state index >= 15 is 0 Å². The molecule has 1 unspecified atom stereocenters. The van der Waals surface area contributed by atoms with Crippen molar-refractivity contribution in [2.45, 2.75) is 18.9 Å². The summed E-state index contributed by atoms with van der Waals surface area (Å²) in [7, 11) is 0. The van der Waals surface area contributed by atoms with E-state index in [9.17, 15) is 4.79 Å². The number of carbonyl (C=O) groups is 1. The van der Waals surface area contributed by atoms with Crippen LogP contribution in [-0.4, -0.2) is 17.4 Å². The molecule has 1 aromatic heterocycles. The van der Waals surface area contributed by atoms with Gasteiger partial charge in [0, 0.05) is 23.3 Å². The molecule has 3 N–H and O–H groups in total. The quantitative estimate of drug-likeness (QED) is 0.855. The van der Waals surface area contributed by atoms with Crippen molar-refractivity contribution in [2.75, 3.05) is 6.54 Å².